The fourth-order valence-corrected chi connectivity index (χ4v) is 1.94. The van der Waals surface area contributed by atoms with Crippen molar-refractivity contribution in [3.8, 4) is 0 Å². The van der Waals surface area contributed by atoms with Crippen LogP contribution in [0.25, 0.3) is 0 Å². The van der Waals surface area contributed by atoms with Gasteiger partial charge >= 0.3 is 0 Å². The molecule has 14 heavy (non-hydrogen) atoms. The molecule has 1 aromatic heterocycles. The van der Waals surface area contributed by atoms with Gasteiger partial charge in [0, 0.05) is 24.7 Å². The Balaban J connectivity index is 2.82. The normalized spacial score (nSPS) is 11.4. The van der Waals surface area contributed by atoms with E-state index in [1.807, 2.05) is 18.5 Å². The number of thiocarbonyl (C=S) groups is 1. The maximum Gasteiger partial charge on any atom is 0.195 e. The first-order chi connectivity index (χ1) is 6.65. The largest absolute Gasteiger partial charge is 0.357 e. The number of hydrogen-bond acceptors (Lipinski definition) is 2. The predicted octanol–water partition coefficient (Wildman–Crippen LogP) is 1.36. The summed E-state index contributed by atoms with van der Waals surface area (Å²) in [4.78, 5) is 5.18. The Morgan fingerprint density at radius 2 is 2.57 bits per heavy atom. The molecule has 0 saturated carbocycles. The van der Waals surface area contributed by atoms with Crippen molar-refractivity contribution < 1.29 is 0 Å². The first-order valence-corrected chi connectivity index (χ1v) is 5.48. The lowest BCUT2D eigenvalue weighted by molar-refractivity contribution is 0.835. The summed E-state index contributed by atoms with van der Waals surface area (Å²) in [6, 6.07) is 0. The molecule has 0 aliphatic rings. The summed E-state index contributed by atoms with van der Waals surface area (Å²) in [6.07, 6.45) is 1.75. The standard InChI is InChI=1S/C9H13N3S2/c1-4-5-10-8(13)11-9-12(3)7(2)6-14-9/h4,6H,1,5H2,2-3H3,(H,10,13)/b11-9-. The zero-order valence-electron chi connectivity index (χ0n) is 8.28. The van der Waals surface area contributed by atoms with Crippen LogP contribution < -0.4 is 10.1 Å². The highest BCUT2D eigenvalue weighted by atomic mass is 32.1. The van der Waals surface area contributed by atoms with Gasteiger partial charge in [-0.1, -0.05) is 6.08 Å². The second-order valence-electron chi connectivity index (χ2n) is 2.81. The van der Waals surface area contributed by atoms with Crippen molar-refractivity contribution in [1.82, 2.24) is 9.88 Å². The van der Waals surface area contributed by atoms with Gasteiger partial charge in [-0.15, -0.1) is 17.9 Å². The quantitative estimate of drug-likeness (QED) is 0.610. The lowest BCUT2D eigenvalue weighted by atomic mass is 10.6. The number of nitrogens with zero attached hydrogens (tertiary/aromatic N) is 2. The molecular formula is C9H13N3S2. The van der Waals surface area contributed by atoms with E-state index in [-0.39, 0.29) is 0 Å². The van der Waals surface area contributed by atoms with E-state index in [2.05, 4.69) is 22.3 Å². The number of rotatable bonds is 2. The molecule has 0 atom stereocenters. The molecule has 0 aliphatic heterocycles. The van der Waals surface area contributed by atoms with Crippen LogP contribution in [-0.2, 0) is 7.05 Å². The summed E-state index contributed by atoms with van der Waals surface area (Å²) in [5.41, 5.74) is 1.18. The second-order valence-corrected chi connectivity index (χ2v) is 4.03. The first kappa shape index (κ1) is 11.1. The molecule has 0 unspecified atom stereocenters. The van der Waals surface area contributed by atoms with E-state index >= 15 is 0 Å². The van der Waals surface area contributed by atoms with Crippen molar-refractivity contribution in [2.24, 2.45) is 12.0 Å². The van der Waals surface area contributed by atoms with Gasteiger partial charge in [-0.05, 0) is 19.1 Å². The van der Waals surface area contributed by atoms with Crippen LogP contribution in [0.2, 0.25) is 0 Å². The topological polar surface area (TPSA) is 29.3 Å². The SMILES string of the molecule is C=CCNC(=S)/N=c1\scc(C)n1C. The molecule has 0 spiro atoms. The Morgan fingerprint density at radius 1 is 1.86 bits per heavy atom. The molecule has 1 aromatic rings. The number of nitrogens with one attached hydrogen (secondary N) is 1. The number of aryl methyl sites for hydroxylation is 1. The van der Waals surface area contributed by atoms with Gasteiger partial charge < -0.3 is 9.88 Å². The van der Waals surface area contributed by atoms with Gasteiger partial charge in [0.15, 0.2) is 9.91 Å². The average Bonchev–Trinajstić information content (AvgIpc) is 2.46. The van der Waals surface area contributed by atoms with Crippen LogP contribution in [0.15, 0.2) is 23.0 Å². The minimum Gasteiger partial charge on any atom is -0.357 e. The summed E-state index contributed by atoms with van der Waals surface area (Å²) in [5, 5.41) is 5.51. The predicted molar refractivity (Wildman–Crippen MR) is 64.4 cm³/mol. The molecule has 0 fully saturated rings. The van der Waals surface area contributed by atoms with Gasteiger partial charge in [-0.25, -0.2) is 0 Å². The third kappa shape index (κ3) is 2.78. The third-order valence-corrected chi connectivity index (χ3v) is 3.02. The van der Waals surface area contributed by atoms with E-state index in [9.17, 15) is 0 Å². The van der Waals surface area contributed by atoms with Crippen LogP contribution in [-0.4, -0.2) is 16.2 Å². The maximum atomic E-state index is 5.04. The van der Waals surface area contributed by atoms with Gasteiger partial charge in [-0.3, -0.25) is 0 Å². The summed E-state index contributed by atoms with van der Waals surface area (Å²) in [5.74, 6) is 0. The van der Waals surface area contributed by atoms with Gasteiger partial charge in [-0.2, -0.15) is 4.99 Å². The summed E-state index contributed by atoms with van der Waals surface area (Å²) in [7, 11) is 1.97. The van der Waals surface area contributed by atoms with Crippen LogP contribution in [0.5, 0.6) is 0 Å². The van der Waals surface area contributed by atoms with E-state index in [0.717, 1.165) is 4.80 Å². The Bertz CT molecular complexity index is 400. The molecule has 0 bridgehead atoms. The van der Waals surface area contributed by atoms with E-state index in [1.54, 1.807) is 17.4 Å². The molecule has 76 valence electrons. The van der Waals surface area contributed by atoms with E-state index in [0.29, 0.717) is 11.7 Å². The van der Waals surface area contributed by atoms with Crippen LogP contribution in [0.3, 0.4) is 0 Å². The minimum absolute atomic E-state index is 0.502. The first-order valence-electron chi connectivity index (χ1n) is 4.19. The molecule has 0 aromatic carbocycles. The molecule has 3 nitrogen and oxygen atoms in total. The minimum atomic E-state index is 0.502. The van der Waals surface area contributed by atoms with Crippen LogP contribution in [0, 0.1) is 6.92 Å². The molecule has 0 saturated heterocycles. The van der Waals surface area contributed by atoms with E-state index in [4.69, 9.17) is 12.2 Å². The zero-order valence-corrected chi connectivity index (χ0v) is 9.91. The Kier molecular flexibility index (Phi) is 4.03. The van der Waals surface area contributed by atoms with Crippen molar-refractivity contribution in [1.29, 1.82) is 0 Å². The van der Waals surface area contributed by atoms with Crippen LogP contribution >= 0.6 is 23.6 Å². The fourth-order valence-electron chi connectivity index (χ4n) is 0.834. The molecular weight excluding hydrogens is 214 g/mol. The summed E-state index contributed by atoms with van der Waals surface area (Å²) >= 11 is 6.62. The van der Waals surface area contributed by atoms with Crippen molar-refractivity contribution in [3.05, 3.63) is 28.5 Å². The van der Waals surface area contributed by atoms with Crippen molar-refractivity contribution in [2.45, 2.75) is 6.92 Å². The van der Waals surface area contributed by atoms with Crippen molar-refractivity contribution in [2.75, 3.05) is 6.54 Å². The molecule has 5 heteroatoms. The lowest BCUT2D eigenvalue weighted by Crippen LogP contribution is -2.23. The monoisotopic (exact) mass is 227 g/mol. The highest BCUT2D eigenvalue weighted by molar-refractivity contribution is 7.80. The summed E-state index contributed by atoms with van der Waals surface area (Å²) < 4.78 is 2.01. The van der Waals surface area contributed by atoms with Crippen LogP contribution in [0.1, 0.15) is 5.69 Å². The zero-order chi connectivity index (χ0) is 10.6. The van der Waals surface area contributed by atoms with Crippen molar-refractivity contribution >= 4 is 28.7 Å². The lowest BCUT2D eigenvalue weighted by Gasteiger charge is -1.98. The molecule has 1 heterocycles. The molecule has 0 aliphatic carbocycles. The van der Waals surface area contributed by atoms with Gasteiger partial charge in [0.25, 0.3) is 0 Å². The average molecular weight is 227 g/mol. The molecule has 0 radical (unpaired) electrons. The van der Waals surface area contributed by atoms with Gasteiger partial charge in [0.1, 0.15) is 0 Å². The van der Waals surface area contributed by atoms with Gasteiger partial charge in [0.05, 0.1) is 0 Å². The maximum absolute atomic E-state index is 5.04. The van der Waals surface area contributed by atoms with Gasteiger partial charge in [0.2, 0.25) is 0 Å². The Hall–Kier alpha value is -0.940. The third-order valence-electron chi connectivity index (χ3n) is 1.75. The Labute approximate surface area is 92.8 Å². The fraction of sp³-hybridized carbons (Fsp3) is 0.333. The number of aromatic nitrogens is 1. The second kappa shape index (κ2) is 5.07. The van der Waals surface area contributed by atoms with Crippen molar-refractivity contribution in [3.63, 3.8) is 0 Å². The molecule has 1 N–H and O–H groups in total. The van der Waals surface area contributed by atoms with Crippen LogP contribution in [0.4, 0.5) is 0 Å². The highest BCUT2D eigenvalue weighted by Gasteiger charge is 1.96. The number of thiazole rings is 1. The van der Waals surface area contributed by atoms with E-state index < -0.39 is 0 Å². The summed E-state index contributed by atoms with van der Waals surface area (Å²) in [6.45, 7) is 6.28. The molecule has 1 rings (SSSR count). The smallest absolute Gasteiger partial charge is 0.195 e. The molecule has 0 amide bonds. The van der Waals surface area contributed by atoms with E-state index in [1.165, 1.54) is 5.69 Å². The number of hydrogen-bond donors (Lipinski definition) is 1. The highest BCUT2D eigenvalue weighted by Crippen LogP contribution is 1.96. The Morgan fingerprint density at radius 3 is 3.07 bits per heavy atom.